The molecule has 0 radical (unpaired) electrons. The van der Waals surface area contributed by atoms with Crippen LogP contribution in [-0.4, -0.2) is 24.7 Å². The molecule has 0 heterocycles. The van der Waals surface area contributed by atoms with Gasteiger partial charge in [-0.15, -0.1) is 0 Å². The molecule has 1 amide bonds. The number of carbonyl (C=O) groups excluding carboxylic acids is 1. The zero-order valence-corrected chi connectivity index (χ0v) is 12.1. The molecule has 0 aromatic heterocycles. The smallest absolute Gasteiger partial charge is 0.422 e. The molecule has 7 heteroatoms. The van der Waals surface area contributed by atoms with E-state index >= 15 is 0 Å². The van der Waals surface area contributed by atoms with Gasteiger partial charge in [0, 0.05) is 11.6 Å². The Labute approximate surface area is 122 Å². The van der Waals surface area contributed by atoms with E-state index in [1.807, 2.05) is 0 Å². The minimum atomic E-state index is -4.41. The van der Waals surface area contributed by atoms with Crippen molar-refractivity contribution in [2.45, 2.75) is 31.5 Å². The maximum absolute atomic E-state index is 12.1. The van der Waals surface area contributed by atoms with Crippen molar-refractivity contribution in [3.8, 4) is 5.75 Å². The van der Waals surface area contributed by atoms with Crippen LogP contribution in [0.15, 0.2) is 22.7 Å². The first-order valence-corrected chi connectivity index (χ1v) is 6.94. The van der Waals surface area contributed by atoms with Crippen LogP contribution in [0.5, 0.6) is 5.75 Å². The molecule has 3 nitrogen and oxygen atoms in total. The lowest BCUT2D eigenvalue weighted by molar-refractivity contribution is -0.153. The lowest BCUT2D eigenvalue weighted by atomic mass is 9.93. The van der Waals surface area contributed by atoms with Crippen LogP contribution >= 0.6 is 15.9 Å². The average molecular weight is 352 g/mol. The molecule has 1 aromatic carbocycles. The molecule has 1 aromatic rings. The number of carbonyl (C=O) groups is 1. The van der Waals surface area contributed by atoms with E-state index in [1.54, 1.807) is 6.07 Å². The van der Waals surface area contributed by atoms with Crippen LogP contribution in [0.3, 0.4) is 0 Å². The van der Waals surface area contributed by atoms with Crippen LogP contribution in [0.25, 0.3) is 0 Å². The van der Waals surface area contributed by atoms with Gasteiger partial charge in [0.05, 0.1) is 4.47 Å². The molecular weight excluding hydrogens is 339 g/mol. The molecule has 0 bridgehead atoms. The fourth-order valence-corrected chi connectivity index (χ4v) is 2.10. The summed E-state index contributed by atoms with van der Waals surface area (Å²) in [6.07, 6.45) is -1.44. The first-order valence-electron chi connectivity index (χ1n) is 6.15. The van der Waals surface area contributed by atoms with Crippen LogP contribution in [0.1, 0.15) is 29.6 Å². The standard InChI is InChI=1S/C13H13BrF3NO2/c14-10-5-4-8(12(19)18-9-2-1-3-9)6-11(10)20-7-13(15,16)17/h4-6,9H,1-3,7H2,(H,18,19). The van der Waals surface area contributed by atoms with E-state index in [2.05, 4.69) is 26.0 Å². The van der Waals surface area contributed by atoms with Gasteiger partial charge in [-0.2, -0.15) is 13.2 Å². The van der Waals surface area contributed by atoms with Crippen molar-refractivity contribution < 1.29 is 22.7 Å². The lowest BCUT2D eigenvalue weighted by Gasteiger charge is -2.26. The van der Waals surface area contributed by atoms with E-state index in [-0.39, 0.29) is 23.3 Å². The van der Waals surface area contributed by atoms with Crippen LogP contribution in [0.2, 0.25) is 0 Å². The van der Waals surface area contributed by atoms with Gasteiger partial charge in [-0.3, -0.25) is 4.79 Å². The number of alkyl halides is 3. The van der Waals surface area contributed by atoms with Crippen molar-refractivity contribution in [2.24, 2.45) is 0 Å². The van der Waals surface area contributed by atoms with Gasteiger partial charge >= 0.3 is 6.18 Å². The minimum Gasteiger partial charge on any atom is -0.483 e. The molecule has 110 valence electrons. The molecule has 2 rings (SSSR count). The van der Waals surface area contributed by atoms with Gasteiger partial charge in [0.15, 0.2) is 6.61 Å². The number of hydrogen-bond acceptors (Lipinski definition) is 2. The minimum absolute atomic E-state index is 0.00332. The SMILES string of the molecule is O=C(NC1CCC1)c1ccc(Br)c(OCC(F)(F)F)c1. The van der Waals surface area contributed by atoms with Crippen LogP contribution < -0.4 is 10.1 Å². The highest BCUT2D eigenvalue weighted by atomic mass is 79.9. The summed E-state index contributed by atoms with van der Waals surface area (Å²) < 4.78 is 41.5. The molecule has 0 unspecified atom stereocenters. The van der Waals surface area contributed by atoms with Gasteiger partial charge in [-0.1, -0.05) is 0 Å². The van der Waals surface area contributed by atoms with E-state index in [1.165, 1.54) is 12.1 Å². The quantitative estimate of drug-likeness (QED) is 0.898. The molecule has 0 aliphatic heterocycles. The maximum Gasteiger partial charge on any atom is 0.422 e. The predicted molar refractivity (Wildman–Crippen MR) is 70.8 cm³/mol. The summed E-state index contributed by atoms with van der Waals surface area (Å²) in [7, 11) is 0. The van der Waals surface area contributed by atoms with E-state index in [0.29, 0.717) is 4.47 Å². The monoisotopic (exact) mass is 351 g/mol. The Morgan fingerprint density at radius 3 is 2.65 bits per heavy atom. The molecular formula is C13H13BrF3NO2. The Balaban J connectivity index is 2.04. The fourth-order valence-electron chi connectivity index (χ4n) is 1.74. The molecule has 1 N–H and O–H groups in total. The van der Waals surface area contributed by atoms with Gasteiger partial charge in [-0.25, -0.2) is 0 Å². The summed E-state index contributed by atoms with van der Waals surface area (Å²) >= 11 is 3.10. The van der Waals surface area contributed by atoms with Crippen LogP contribution in [0, 0.1) is 0 Å². The Kier molecular flexibility index (Phi) is 4.57. The Hall–Kier alpha value is -1.24. The average Bonchev–Trinajstić information content (AvgIpc) is 2.31. The fraction of sp³-hybridized carbons (Fsp3) is 0.462. The highest BCUT2D eigenvalue weighted by molar-refractivity contribution is 9.10. The largest absolute Gasteiger partial charge is 0.483 e. The zero-order valence-electron chi connectivity index (χ0n) is 10.5. The molecule has 20 heavy (non-hydrogen) atoms. The molecule has 0 spiro atoms. The van der Waals surface area contributed by atoms with Gasteiger partial charge in [0.2, 0.25) is 0 Å². The first-order chi connectivity index (χ1) is 9.35. The van der Waals surface area contributed by atoms with Crippen molar-refractivity contribution in [1.82, 2.24) is 5.32 Å². The number of nitrogens with one attached hydrogen (secondary N) is 1. The van der Waals surface area contributed by atoms with Gasteiger partial charge in [0.1, 0.15) is 5.75 Å². The third-order valence-corrected chi connectivity index (χ3v) is 3.68. The van der Waals surface area contributed by atoms with Gasteiger partial charge in [-0.05, 0) is 53.4 Å². The summed E-state index contributed by atoms with van der Waals surface area (Å²) in [5.41, 5.74) is 0.289. The summed E-state index contributed by atoms with van der Waals surface area (Å²) in [4.78, 5) is 11.9. The zero-order chi connectivity index (χ0) is 14.8. The summed E-state index contributed by atoms with van der Waals surface area (Å²) in [6, 6.07) is 4.52. The first kappa shape index (κ1) is 15.2. The molecule has 0 atom stereocenters. The number of rotatable bonds is 4. The second-order valence-corrected chi connectivity index (χ2v) is 5.50. The molecule has 1 aliphatic carbocycles. The summed E-state index contributed by atoms with van der Waals surface area (Å²) in [5.74, 6) is -0.289. The Morgan fingerprint density at radius 1 is 1.40 bits per heavy atom. The Morgan fingerprint density at radius 2 is 2.10 bits per heavy atom. The predicted octanol–water partition coefficient (Wildman–Crippen LogP) is 3.67. The second kappa shape index (κ2) is 6.03. The van der Waals surface area contributed by atoms with Crippen molar-refractivity contribution in [3.05, 3.63) is 28.2 Å². The number of halogens is 4. The van der Waals surface area contributed by atoms with Gasteiger partial charge in [0.25, 0.3) is 5.91 Å². The molecule has 1 aliphatic rings. The number of hydrogen-bond donors (Lipinski definition) is 1. The summed E-state index contributed by atoms with van der Waals surface area (Å²) in [6.45, 7) is -1.39. The van der Waals surface area contributed by atoms with Crippen molar-refractivity contribution in [1.29, 1.82) is 0 Å². The van der Waals surface area contributed by atoms with Crippen molar-refractivity contribution in [2.75, 3.05) is 6.61 Å². The second-order valence-electron chi connectivity index (χ2n) is 4.65. The highest BCUT2D eigenvalue weighted by Crippen LogP contribution is 2.28. The third-order valence-electron chi connectivity index (χ3n) is 3.03. The van der Waals surface area contributed by atoms with E-state index in [4.69, 9.17) is 0 Å². The maximum atomic E-state index is 12.1. The molecule has 1 saturated carbocycles. The number of amides is 1. The Bertz CT molecular complexity index is 501. The lowest BCUT2D eigenvalue weighted by Crippen LogP contribution is -2.39. The number of benzene rings is 1. The number of ether oxygens (including phenoxy) is 1. The summed E-state index contributed by atoms with van der Waals surface area (Å²) in [5, 5.41) is 2.82. The van der Waals surface area contributed by atoms with Gasteiger partial charge < -0.3 is 10.1 Å². The molecule has 1 fully saturated rings. The van der Waals surface area contributed by atoms with Crippen LogP contribution in [0.4, 0.5) is 13.2 Å². The topological polar surface area (TPSA) is 38.3 Å². The van der Waals surface area contributed by atoms with E-state index in [9.17, 15) is 18.0 Å². The highest BCUT2D eigenvalue weighted by Gasteiger charge is 2.29. The molecule has 0 saturated heterocycles. The normalized spacial score (nSPS) is 15.6. The third kappa shape index (κ3) is 4.13. The van der Waals surface area contributed by atoms with E-state index < -0.39 is 12.8 Å². The van der Waals surface area contributed by atoms with Crippen molar-refractivity contribution in [3.63, 3.8) is 0 Å². The van der Waals surface area contributed by atoms with E-state index in [0.717, 1.165) is 19.3 Å². The van der Waals surface area contributed by atoms with Crippen molar-refractivity contribution >= 4 is 21.8 Å². The van der Waals surface area contributed by atoms with Crippen LogP contribution in [-0.2, 0) is 0 Å².